The molecule has 0 aliphatic carbocycles. The lowest BCUT2D eigenvalue weighted by Crippen LogP contribution is -2.37. The summed E-state index contributed by atoms with van der Waals surface area (Å²) in [7, 11) is 0. The maximum absolute atomic E-state index is 12.4. The fourth-order valence-corrected chi connectivity index (χ4v) is 2.97. The number of pyridine rings is 1. The van der Waals surface area contributed by atoms with E-state index in [1.807, 2.05) is 38.1 Å². The van der Waals surface area contributed by atoms with Gasteiger partial charge < -0.3 is 5.32 Å². The van der Waals surface area contributed by atoms with E-state index in [1.165, 1.54) is 6.33 Å². The van der Waals surface area contributed by atoms with Crippen molar-refractivity contribution in [2.24, 2.45) is 0 Å². The van der Waals surface area contributed by atoms with Gasteiger partial charge in [-0.2, -0.15) is 5.10 Å². The van der Waals surface area contributed by atoms with E-state index in [0.29, 0.717) is 13.0 Å². The van der Waals surface area contributed by atoms with Crippen LogP contribution < -0.4 is 5.32 Å². The van der Waals surface area contributed by atoms with Crippen LogP contribution in [0.15, 0.2) is 36.9 Å². The number of hydrogen-bond acceptors (Lipinski definition) is 4. The molecule has 0 unspecified atom stereocenters. The number of carbonyl (C=O) groups excluding carboxylic acids is 1. The van der Waals surface area contributed by atoms with Crippen molar-refractivity contribution in [3.63, 3.8) is 0 Å². The molecule has 2 heterocycles. The third-order valence-electron chi connectivity index (χ3n) is 4.16. The van der Waals surface area contributed by atoms with Crippen LogP contribution >= 0.6 is 0 Å². The lowest BCUT2D eigenvalue weighted by Gasteiger charge is -2.16. The monoisotopic (exact) mass is 323 g/mol. The number of amides is 1. The smallest absolute Gasteiger partial charge is 0.224 e. The first-order chi connectivity index (χ1) is 11.5. The predicted molar refractivity (Wildman–Crippen MR) is 92.5 cm³/mol. The van der Waals surface area contributed by atoms with Gasteiger partial charge in [-0.3, -0.25) is 14.5 Å². The van der Waals surface area contributed by atoms with Crippen LogP contribution in [0, 0.1) is 13.8 Å². The van der Waals surface area contributed by atoms with Crippen LogP contribution in [0.2, 0.25) is 0 Å². The molecular formula is C18H21N5O. The minimum Gasteiger partial charge on any atom is -0.351 e. The fourth-order valence-electron chi connectivity index (χ4n) is 2.97. The summed E-state index contributed by atoms with van der Waals surface area (Å²) in [6.45, 7) is 6.57. The molecule has 1 atom stereocenters. The molecule has 0 spiro atoms. The van der Waals surface area contributed by atoms with Crippen molar-refractivity contribution in [1.29, 1.82) is 0 Å². The highest BCUT2D eigenvalue weighted by molar-refractivity contribution is 5.86. The van der Waals surface area contributed by atoms with Gasteiger partial charge in [-0.05, 0) is 38.0 Å². The van der Waals surface area contributed by atoms with Gasteiger partial charge in [0.05, 0.1) is 18.5 Å². The molecule has 0 saturated carbocycles. The summed E-state index contributed by atoms with van der Waals surface area (Å²) in [5, 5.41) is 8.17. The van der Waals surface area contributed by atoms with Crippen molar-refractivity contribution in [1.82, 2.24) is 25.1 Å². The van der Waals surface area contributed by atoms with Gasteiger partial charge in [0, 0.05) is 17.1 Å². The molecule has 3 rings (SSSR count). The Morgan fingerprint density at radius 2 is 2.08 bits per heavy atom. The van der Waals surface area contributed by atoms with Crippen LogP contribution in [-0.4, -0.2) is 31.7 Å². The van der Waals surface area contributed by atoms with Crippen molar-refractivity contribution >= 4 is 16.8 Å². The van der Waals surface area contributed by atoms with Crippen LogP contribution in [-0.2, 0) is 17.8 Å². The normalized spacial score (nSPS) is 12.3. The first kappa shape index (κ1) is 16.1. The number of para-hydroxylation sites is 1. The molecule has 1 aromatic carbocycles. The first-order valence-electron chi connectivity index (χ1n) is 8.01. The SMILES string of the molecule is Cc1nc2ccccc2c(C)c1CC(=O)N[C@H](C)Cn1cncn1. The van der Waals surface area contributed by atoms with Crippen molar-refractivity contribution in [2.45, 2.75) is 39.8 Å². The molecule has 1 N–H and O–H groups in total. The Morgan fingerprint density at radius 3 is 2.83 bits per heavy atom. The van der Waals surface area contributed by atoms with Gasteiger partial charge in [0.15, 0.2) is 0 Å². The minimum absolute atomic E-state index is 0.00843. The van der Waals surface area contributed by atoms with Gasteiger partial charge in [-0.15, -0.1) is 0 Å². The van der Waals surface area contributed by atoms with E-state index in [2.05, 4.69) is 27.3 Å². The van der Waals surface area contributed by atoms with Gasteiger partial charge in [0.1, 0.15) is 12.7 Å². The summed E-state index contributed by atoms with van der Waals surface area (Å²) in [4.78, 5) is 20.9. The second kappa shape index (κ2) is 6.78. The topological polar surface area (TPSA) is 72.7 Å². The first-order valence-corrected chi connectivity index (χ1v) is 8.01. The third kappa shape index (κ3) is 3.42. The average molecular weight is 323 g/mol. The standard InChI is InChI=1S/C18H21N5O/c1-12(9-23-11-19-10-20-23)21-18(24)8-16-13(2)15-6-4-5-7-17(15)22-14(16)3/h4-7,10-12H,8-9H2,1-3H3,(H,21,24)/t12-/m1/s1. The second-order valence-electron chi connectivity index (χ2n) is 6.08. The molecule has 124 valence electrons. The molecular weight excluding hydrogens is 302 g/mol. The van der Waals surface area contributed by atoms with Crippen molar-refractivity contribution in [3.05, 3.63) is 53.7 Å². The van der Waals surface area contributed by atoms with Crippen molar-refractivity contribution in [3.8, 4) is 0 Å². The molecule has 6 nitrogen and oxygen atoms in total. The quantitative estimate of drug-likeness (QED) is 0.781. The summed E-state index contributed by atoms with van der Waals surface area (Å²) >= 11 is 0. The van der Waals surface area contributed by atoms with E-state index >= 15 is 0 Å². The summed E-state index contributed by atoms with van der Waals surface area (Å²) in [6.07, 6.45) is 3.46. The zero-order valence-corrected chi connectivity index (χ0v) is 14.2. The molecule has 1 amide bonds. The molecule has 0 saturated heterocycles. The molecule has 0 radical (unpaired) electrons. The van der Waals surface area contributed by atoms with Gasteiger partial charge >= 0.3 is 0 Å². The summed E-state index contributed by atoms with van der Waals surface area (Å²) in [5.41, 5.74) is 4.00. The van der Waals surface area contributed by atoms with E-state index in [0.717, 1.165) is 27.7 Å². The van der Waals surface area contributed by atoms with Crippen LogP contribution in [0.25, 0.3) is 10.9 Å². The average Bonchev–Trinajstić information content (AvgIpc) is 3.04. The zero-order valence-electron chi connectivity index (χ0n) is 14.2. The number of carbonyl (C=O) groups is 1. The highest BCUT2D eigenvalue weighted by Gasteiger charge is 2.14. The third-order valence-corrected chi connectivity index (χ3v) is 4.16. The summed E-state index contributed by atoms with van der Waals surface area (Å²) < 4.78 is 1.71. The van der Waals surface area contributed by atoms with E-state index in [4.69, 9.17) is 0 Å². The number of nitrogens with zero attached hydrogens (tertiary/aromatic N) is 4. The molecule has 0 fully saturated rings. The number of benzene rings is 1. The Morgan fingerprint density at radius 1 is 1.29 bits per heavy atom. The van der Waals surface area contributed by atoms with Crippen LogP contribution in [0.3, 0.4) is 0 Å². The van der Waals surface area contributed by atoms with E-state index in [9.17, 15) is 4.79 Å². The number of aryl methyl sites for hydroxylation is 2. The number of rotatable bonds is 5. The van der Waals surface area contributed by atoms with E-state index in [1.54, 1.807) is 11.0 Å². The molecule has 3 aromatic rings. The number of aromatic nitrogens is 4. The van der Waals surface area contributed by atoms with Crippen molar-refractivity contribution in [2.75, 3.05) is 0 Å². The molecule has 6 heteroatoms. The Bertz CT molecular complexity index is 857. The largest absolute Gasteiger partial charge is 0.351 e. The van der Waals surface area contributed by atoms with Gasteiger partial charge in [-0.1, -0.05) is 18.2 Å². The fraction of sp³-hybridized carbons (Fsp3) is 0.333. The van der Waals surface area contributed by atoms with Gasteiger partial charge in [-0.25, -0.2) is 4.98 Å². The lowest BCUT2D eigenvalue weighted by molar-refractivity contribution is -0.121. The number of nitrogens with one attached hydrogen (secondary N) is 1. The predicted octanol–water partition coefficient (Wildman–Crippen LogP) is 2.19. The van der Waals surface area contributed by atoms with E-state index < -0.39 is 0 Å². The van der Waals surface area contributed by atoms with E-state index in [-0.39, 0.29) is 11.9 Å². The molecule has 0 aliphatic heterocycles. The van der Waals surface area contributed by atoms with Gasteiger partial charge in [0.25, 0.3) is 0 Å². The van der Waals surface area contributed by atoms with Crippen molar-refractivity contribution < 1.29 is 4.79 Å². The number of fused-ring (bicyclic) bond motifs is 1. The Kier molecular flexibility index (Phi) is 4.55. The van der Waals surface area contributed by atoms with Gasteiger partial charge in [0.2, 0.25) is 5.91 Å². The minimum atomic E-state index is -0.0202. The molecule has 0 bridgehead atoms. The lowest BCUT2D eigenvalue weighted by atomic mass is 9.99. The Labute approximate surface area is 140 Å². The summed E-state index contributed by atoms with van der Waals surface area (Å²) in [6, 6.07) is 8.00. The molecule has 24 heavy (non-hydrogen) atoms. The maximum atomic E-state index is 12.4. The Balaban J connectivity index is 1.73. The highest BCUT2D eigenvalue weighted by Crippen LogP contribution is 2.22. The zero-order chi connectivity index (χ0) is 17.1. The van der Waals surface area contributed by atoms with Crippen LogP contribution in [0.4, 0.5) is 0 Å². The maximum Gasteiger partial charge on any atom is 0.224 e. The summed E-state index contributed by atoms with van der Waals surface area (Å²) in [5.74, 6) is -0.00843. The molecule has 2 aromatic heterocycles. The van der Waals surface area contributed by atoms with Crippen LogP contribution in [0.5, 0.6) is 0 Å². The number of hydrogen-bond donors (Lipinski definition) is 1. The Hall–Kier alpha value is -2.76. The highest BCUT2D eigenvalue weighted by atomic mass is 16.1. The molecule has 0 aliphatic rings. The second-order valence-corrected chi connectivity index (χ2v) is 6.08. The van der Waals surface area contributed by atoms with Crippen LogP contribution in [0.1, 0.15) is 23.7 Å².